The van der Waals surface area contributed by atoms with Gasteiger partial charge in [0, 0.05) is 12.1 Å². The molecule has 2 unspecified atom stereocenters. The van der Waals surface area contributed by atoms with Gasteiger partial charge in [-0.1, -0.05) is 0 Å². The molecule has 1 saturated heterocycles. The Bertz CT molecular complexity index is 344. The van der Waals surface area contributed by atoms with Crippen LogP contribution >= 0.6 is 11.8 Å². The van der Waals surface area contributed by atoms with Gasteiger partial charge in [-0.2, -0.15) is 11.8 Å². The fourth-order valence-electron chi connectivity index (χ4n) is 2.24. The molecule has 2 rings (SSSR count). The van der Waals surface area contributed by atoms with Crippen LogP contribution < -0.4 is 5.32 Å². The summed E-state index contributed by atoms with van der Waals surface area (Å²) in [6.45, 7) is 0. The standard InChI is InChI=1S/C12H15F2NS/c1-15-12(8-2-3-16-7-8)9-4-10(13)6-11(14)5-9/h4-6,8,12,15H,2-3,7H2,1H3. The molecule has 0 aromatic heterocycles. The van der Waals surface area contributed by atoms with Crippen molar-refractivity contribution < 1.29 is 8.78 Å². The lowest BCUT2D eigenvalue weighted by Crippen LogP contribution is -2.25. The van der Waals surface area contributed by atoms with Gasteiger partial charge in [-0.3, -0.25) is 0 Å². The van der Waals surface area contributed by atoms with E-state index in [-0.39, 0.29) is 6.04 Å². The molecule has 16 heavy (non-hydrogen) atoms. The molecule has 88 valence electrons. The normalized spacial score (nSPS) is 22.3. The lowest BCUT2D eigenvalue weighted by Gasteiger charge is -2.22. The van der Waals surface area contributed by atoms with Gasteiger partial charge in [0.2, 0.25) is 0 Å². The molecule has 1 heterocycles. The molecule has 0 saturated carbocycles. The zero-order valence-electron chi connectivity index (χ0n) is 9.17. The lowest BCUT2D eigenvalue weighted by atomic mass is 9.92. The summed E-state index contributed by atoms with van der Waals surface area (Å²) in [4.78, 5) is 0. The van der Waals surface area contributed by atoms with Gasteiger partial charge in [-0.25, -0.2) is 8.78 Å². The van der Waals surface area contributed by atoms with E-state index < -0.39 is 11.6 Å². The third kappa shape index (κ3) is 2.55. The molecule has 4 heteroatoms. The minimum Gasteiger partial charge on any atom is -0.313 e. The highest BCUT2D eigenvalue weighted by Crippen LogP contribution is 2.34. The summed E-state index contributed by atoms with van der Waals surface area (Å²) in [6, 6.07) is 3.82. The molecular weight excluding hydrogens is 228 g/mol. The van der Waals surface area contributed by atoms with Crippen molar-refractivity contribution in [2.45, 2.75) is 12.5 Å². The van der Waals surface area contributed by atoms with E-state index in [9.17, 15) is 8.78 Å². The van der Waals surface area contributed by atoms with Gasteiger partial charge < -0.3 is 5.32 Å². The van der Waals surface area contributed by atoms with Crippen LogP contribution in [0.4, 0.5) is 8.78 Å². The average molecular weight is 243 g/mol. The molecule has 0 radical (unpaired) electrons. The summed E-state index contributed by atoms with van der Waals surface area (Å²) in [5.41, 5.74) is 0.715. The van der Waals surface area contributed by atoms with E-state index in [1.165, 1.54) is 12.1 Å². The number of halogens is 2. The Morgan fingerprint density at radius 2 is 2.00 bits per heavy atom. The van der Waals surface area contributed by atoms with Crippen molar-refractivity contribution in [3.8, 4) is 0 Å². The van der Waals surface area contributed by atoms with Gasteiger partial charge >= 0.3 is 0 Å². The van der Waals surface area contributed by atoms with Gasteiger partial charge in [0.1, 0.15) is 11.6 Å². The molecule has 1 aromatic rings. The first kappa shape index (κ1) is 11.9. The van der Waals surface area contributed by atoms with Crippen molar-refractivity contribution in [2.75, 3.05) is 18.6 Å². The van der Waals surface area contributed by atoms with Crippen LogP contribution in [0.25, 0.3) is 0 Å². The van der Waals surface area contributed by atoms with Gasteiger partial charge in [0.25, 0.3) is 0 Å². The molecule has 0 amide bonds. The van der Waals surface area contributed by atoms with E-state index >= 15 is 0 Å². The molecule has 0 spiro atoms. The van der Waals surface area contributed by atoms with E-state index in [1.54, 1.807) is 0 Å². The van der Waals surface area contributed by atoms with Crippen LogP contribution in [0.1, 0.15) is 18.0 Å². The third-order valence-electron chi connectivity index (χ3n) is 2.99. The van der Waals surface area contributed by atoms with Gasteiger partial charge in [0.15, 0.2) is 0 Å². The van der Waals surface area contributed by atoms with E-state index in [0.717, 1.165) is 24.0 Å². The fourth-order valence-corrected chi connectivity index (χ4v) is 3.54. The van der Waals surface area contributed by atoms with Crippen LogP contribution in [-0.2, 0) is 0 Å². The van der Waals surface area contributed by atoms with Gasteiger partial charge in [0.05, 0.1) is 0 Å². The largest absolute Gasteiger partial charge is 0.313 e. The molecule has 1 aromatic carbocycles. The number of nitrogens with one attached hydrogen (secondary N) is 1. The zero-order valence-corrected chi connectivity index (χ0v) is 9.99. The molecule has 0 aliphatic carbocycles. The maximum atomic E-state index is 13.1. The Morgan fingerprint density at radius 3 is 2.50 bits per heavy atom. The molecular formula is C12H15F2NS. The quantitative estimate of drug-likeness (QED) is 0.876. The van der Waals surface area contributed by atoms with Crippen molar-refractivity contribution in [2.24, 2.45) is 5.92 Å². The highest BCUT2D eigenvalue weighted by Gasteiger charge is 2.26. The van der Waals surface area contributed by atoms with E-state index in [4.69, 9.17) is 0 Å². The van der Waals surface area contributed by atoms with Crippen LogP contribution in [-0.4, -0.2) is 18.6 Å². The van der Waals surface area contributed by atoms with Crippen LogP contribution in [0, 0.1) is 17.6 Å². The van der Waals surface area contributed by atoms with Crippen LogP contribution in [0.5, 0.6) is 0 Å². The van der Waals surface area contributed by atoms with Crippen molar-refractivity contribution >= 4 is 11.8 Å². The Balaban J connectivity index is 2.24. The highest BCUT2D eigenvalue weighted by molar-refractivity contribution is 7.99. The number of thioether (sulfide) groups is 1. The maximum Gasteiger partial charge on any atom is 0.126 e. The topological polar surface area (TPSA) is 12.0 Å². The predicted molar refractivity (Wildman–Crippen MR) is 63.6 cm³/mol. The molecule has 2 atom stereocenters. The van der Waals surface area contributed by atoms with E-state index in [0.29, 0.717) is 11.5 Å². The zero-order chi connectivity index (χ0) is 11.5. The molecule has 1 N–H and O–H groups in total. The second-order valence-electron chi connectivity index (χ2n) is 4.09. The monoisotopic (exact) mass is 243 g/mol. The molecule has 1 nitrogen and oxygen atoms in total. The van der Waals surface area contributed by atoms with Crippen LogP contribution in [0.15, 0.2) is 18.2 Å². The SMILES string of the molecule is CNC(c1cc(F)cc(F)c1)C1CCSC1. The van der Waals surface area contributed by atoms with Crippen molar-refractivity contribution in [3.63, 3.8) is 0 Å². The van der Waals surface area contributed by atoms with Crippen LogP contribution in [0.3, 0.4) is 0 Å². The minimum absolute atomic E-state index is 0.0557. The van der Waals surface area contributed by atoms with Gasteiger partial charge in [-0.15, -0.1) is 0 Å². The fraction of sp³-hybridized carbons (Fsp3) is 0.500. The summed E-state index contributed by atoms with van der Waals surface area (Å²) in [5.74, 6) is 1.67. The summed E-state index contributed by atoms with van der Waals surface area (Å²) in [5, 5.41) is 3.17. The van der Waals surface area contributed by atoms with Crippen LogP contribution in [0.2, 0.25) is 0 Å². The summed E-state index contributed by atoms with van der Waals surface area (Å²) in [7, 11) is 1.84. The number of hydrogen-bond acceptors (Lipinski definition) is 2. The minimum atomic E-state index is -0.499. The van der Waals surface area contributed by atoms with E-state index in [1.807, 2.05) is 18.8 Å². The number of rotatable bonds is 3. The Kier molecular flexibility index (Phi) is 3.82. The van der Waals surface area contributed by atoms with E-state index in [2.05, 4.69) is 5.32 Å². The third-order valence-corrected chi connectivity index (χ3v) is 4.18. The van der Waals surface area contributed by atoms with Crippen molar-refractivity contribution in [3.05, 3.63) is 35.4 Å². The number of benzene rings is 1. The maximum absolute atomic E-state index is 13.1. The molecule has 1 aliphatic rings. The Hall–Kier alpha value is -0.610. The Morgan fingerprint density at radius 1 is 1.31 bits per heavy atom. The highest BCUT2D eigenvalue weighted by atomic mass is 32.2. The smallest absolute Gasteiger partial charge is 0.126 e. The Labute approximate surface area is 98.6 Å². The van der Waals surface area contributed by atoms with Gasteiger partial charge in [-0.05, 0) is 48.6 Å². The first-order chi connectivity index (χ1) is 7.70. The first-order valence-corrected chi connectivity index (χ1v) is 6.57. The molecule has 1 aliphatic heterocycles. The second kappa shape index (κ2) is 5.15. The molecule has 1 fully saturated rings. The van der Waals surface area contributed by atoms with Crippen molar-refractivity contribution in [1.29, 1.82) is 0 Å². The van der Waals surface area contributed by atoms with Crippen molar-refractivity contribution in [1.82, 2.24) is 5.32 Å². The molecule has 0 bridgehead atoms. The summed E-state index contributed by atoms with van der Waals surface area (Å²) < 4.78 is 26.3. The lowest BCUT2D eigenvalue weighted by molar-refractivity contribution is 0.416. The predicted octanol–water partition coefficient (Wildman–Crippen LogP) is 2.98. The second-order valence-corrected chi connectivity index (χ2v) is 5.24. The average Bonchev–Trinajstić information content (AvgIpc) is 2.70. The first-order valence-electron chi connectivity index (χ1n) is 5.41. The summed E-state index contributed by atoms with van der Waals surface area (Å²) >= 11 is 1.90. The number of hydrogen-bond donors (Lipinski definition) is 1. The summed E-state index contributed by atoms with van der Waals surface area (Å²) in [6.07, 6.45) is 1.11.